The Balaban J connectivity index is 1.85. The fraction of sp³-hybridized carbons (Fsp3) is 0.111. The maximum atomic E-state index is 12.5. The van der Waals surface area contributed by atoms with Crippen molar-refractivity contribution in [3.05, 3.63) is 70.2 Å². The number of hydrogen-bond donors (Lipinski definition) is 1. The summed E-state index contributed by atoms with van der Waals surface area (Å²) in [6.45, 7) is 0.146. The Morgan fingerprint density at radius 3 is 2.40 bits per heavy atom. The molecule has 0 atom stereocenters. The molecule has 0 heterocycles. The maximum absolute atomic E-state index is 12.5. The van der Waals surface area contributed by atoms with E-state index in [1.54, 1.807) is 0 Å². The van der Waals surface area contributed by atoms with Crippen molar-refractivity contribution < 1.29 is 13.2 Å². The van der Waals surface area contributed by atoms with Crippen LogP contribution >= 0.6 is 23.2 Å². The molecular weight excluding hydrogens is 381 g/mol. The van der Waals surface area contributed by atoms with Gasteiger partial charge in [0, 0.05) is 6.54 Å². The quantitative estimate of drug-likeness (QED) is 0.684. The third-order valence-corrected chi connectivity index (χ3v) is 6.22. The van der Waals surface area contributed by atoms with Crippen LogP contribution in [-0.2, 0) is 16.6 Å². The highest BCUT2D eigenvalue weighted by Gasteiger charge is 2.21. The minimum absolute atomic E-state index is 0.0629. The van der Waals surface area contributed by atoms with E-state index in [1.165, 1.54) is 19.2 Å². The van der Waals surface area contributed by atoms with Crippen LogP contribution in [0, 0.1) is 0 Å². The highest BCUT2D eigenvalue weighted by atomic mass is 35.5. The number of rotatable bonds is 5. The summed E-state index contributed by atoms with van der Waals surface area (Å²) in [7, 11) is -2.38. The van der Waals surface area contributed by atoms with Gasteiger partial charge in [0.15, 0.2) is 0 Å². The smallest absolute Gasteiger partial charge is 0.242 e. The summed E-state index contributed by atoms with van der Waals surface area (Å²) < 4.78 is 32.7. The van der Waals surface area contributed by atoms with E-state index >= 15 is 0 Å². The Kier molecular flexibility index (Phi) is 5.20. The molecule has 3 rings (SSSR count). The molecular formula is C18H15Cl2NO3S. The number of halogens is 2. The van der Waals surface area contributed by atoms with Crippen molar-refractivity contribution in [2.45, 2.75) is 11.4 Å². The molecule has 0 aliphatic heterocycles. The Hall–Kier alpha value is -1.79. The van der Waals surface area contributed by atoms with Crippen molar-refractivity contribution in [3.63, 3.8) is 0 Å². The number of fused-ring (bicyclic) bond motifs is 1. The third-order valence-electron chi connectivity index (χ3n) is 3.80. The van der Waals surface area contributed by atoms with Gasteiger partial charge >= 0.3 is 0 Å². The monoisotopic (exact) mass is 395 g/mol. The van der Waals surface area contributed by atoms with Crippen LogP contribution in [0.4, 0.5) is 0 Å². The Morgan fingerprint density at radius 1 is 0.960 bits per heavy atom. The Morgan fingerprint density at radius 2 is 1.68 bits per heavy atom. The van der Waals surface area contributed by atoms with Crippen LogP contribution in [0.1, 0.15) is 5.56 Å². The van der Waals surface area contributed by atoms with Crippen molar-refractivity contribution in [2.75, 3.05) is 7.11 Å². The van der Waals surface area contributed by atoms with Gasteiger partial charge in [0.2, 0.25) is 10.0 Å². The first-order valence-corrected chi connectivity index (χ1v) is 9.65. The van der Waals surface area contributed by atoms with E-state index in [0.717, 1.165) is 16.3 Å². The second-order valence-electron chi connectivity index (χ2n) is 5.40. The van der Waals surface area contributed by atoms with Gasteiger partial charge in [-0.15, -0.1) is 0 Å². The molecule has 0 aromatic heterocycles. The highest BCUT2D eigenvalue weighted by molar-refractivity contribution is 7.89. The lowest BCUT2D eigenvalue weighted by Crippen LogP contribution is -2.23. The van der Waals surface area contributed by atoms with Crippen molar-refractivity contribution in [3.8, 4) is 5.75 Å². The normalized spacial score (nSPS) is 11.6. The van der Waals surface area contributed by atoms with Gasteiger partial charge in [-0.3, -0.25) is 0 Å². The van der Waals surface area contributed by atoms with E-state index in [9.17, 15) is 8.42 Å². The lowest BCUT2D eigenvalue weighted by atomic mass is 10.1. The van der Waals surface area contributed by atoms with Crippen LogP contribution in [0.15, 0.2) is 59.5 Å². The van der Waals surface area contributed by atoms with E-state index in [-0.39, 0.29) is 21.5 Å². The molecule has 1 N–H and O–H groups in total. The summed E-state index contributed by atoms with van der Waals surface area (Å²) in [5, 5.41) is 2.15. The Labute approximate surface area is 156 Å². The number of nitrogens with one attached hydrogen (secondary N) is 1. The number of benzene rings is 3. The summed E-state index contributed by atoms with van der Waals surface area (Å²) in [6, 6.07) is 16.5. The van der Waals surface area contributed by atoms with Gasteiger partial charge in [0.1, 0.15) is 15.7 Å². The van der Waals surface area contributed by atoms with Crippen molar-refractivity contribution in [1.82, 2.24) is 4.72 Å². The summed E-state index contributed by atoms with van der Waals surface area (Å²) >= 11 is 12.1. The maximum Gasteiger partial charge on any atom is 0.242 e. The van der Waals surface area contributed by atoms with Crippen LogP contribution in [0.3, 0.4) is 0 Å². The second-order valence-corrected chi connectivity index (χ2v) is 7.89. The lowest BCUT2D eigenvalue weighted by molar-refractivity contribution is 0.414. The predicted octanol–water partition coefficient (Wildman–Crippen LogP) is 4.63. The average Bonchev–Trinajstić information content (AvgIpc) is 2.62. The SMILES string of the molecule is COc1ccc(S(=O)(=O)NCc2ccc3ccccc3c2)c(Cl)c1Cl. The topological polar surface area (TPSA) is 55.4 Å². The molecule has 3 aromatic carbocycles. The van der Waals surface area contributed by atoms with E-state index in [0.29, 0.717) is 5.75 Å². The van der Waals surface area contributed by atoms with E-state index in [1.807, 2.05) is 42.5 Å². The molecule has 0 unspecified atom stereocenters. The first kappa shape index (κ1) is 18.0. The standard InChI is InChI=1S/C18H15Cl2NO3S/c1-24-15-8-9-16(18(20)17(15)19)25(22,23)21-11-12-6-7-13-4-2-3-5-14(13)10-12/h2-10,21H,11H2,1H3. The molecule has 0 bridgehead atoms. The summed E-state index contributed by atoms with van der Waals surface area (Å²) in [5.74, 6) is 0.320. The molecule has 25 heavy (non-hydrogen) atoms. The van der Waals surface area contributed by atoms with Crippen LogP contribution in [0.25, 0.3) is 10.8 Å². The molecule has 130 valence electrons. The molecule has 0 amide bonds. The van der Waals surface area contributed by atoms with Gasteiger partial charge in [-0.05, 0) is 34.5 Å². The van der Waals surface area contributed by atoms with Crippen molar-refractivity contribution >= 4 is 44.0 Å². The van der Waals surface area contributed by atoms with Crippen LogP contribution in [0.5, 0.6) is 5.75 Å². The molecule has 0 saturated carbocycles. The number of hydrogen-bond acceptors (Lipinski definition) is 3. The zero-order valence-electron chi connectivity index (χ0n) is 13.3. The molecule has 0 aliphatic carbocycles. The zero-order valence-corrected chi connectivity index (χ0v) is 15.6. The molecule has 0 radical (unpaired) electrons. The third kappa shape index (κ3) is 3.75. The number of ether oxygens (including phenoxy) is 1. The van der Waals surface area contributed by atoms with Gasteiger partial charge in [-0.25, -0.2) is 13.1 Å². The second kappa shape index (κ2) is 7.22. The number of sulfonamides is 1. The molecule has 0 spiro atoms. The molecule has 3 aromatic rings. The molecule has 4 nitrogen and oxygen atoms in total. The predicted molar refractivity (Wildman–Crippen MR) is 101 cm³/mol. The molecule has 0 saturated heterocycles. The lowest BCUT2D eigenvalue weighted by Gasteiger charge is -2.12. The Bertz CT molecular complexity index is 1040. The fourth-order valence-electron chi connectivity index (χ4n) is 2.48. The minimum Gasteiger partial charge on any atom is -0.495 e. The van der Waals surface area contributed by atoms with Gasteiger partial charge in [-0.1, -0.05) is 59.6 Å². The first-order chi connectivity index (χ1) is 11.9. The van der Waals surface area contributed by atoms with E-state index in [2.05, 4.69) is 4.72 Å². The first-order valence-electron chi connectivity index (χ1n) is 7.42. The minimum atomic E-state index is -3.81. The average molecular weight is 396 g/mol. The summed E-state index contributed by atoms with van der Waals surface area (Å²) in [6.07, 6.45) is 0. The van der Waals surface area contributed by atoms with Gasteiger partial charge in [0.25, 0.3) is 0 Å². The van der Waals surface area contributed by atoms with Gasteiger partial charge < -0.3 is 4.74 Å². The zero-order chi connectivity index (χ0) is 18.0. The number of methoxy groups -OCH3 is 1. The van der Waals surface area contributed by atoms with Crippen LogP contribution < -0.4 is 9.46 Å². The summed E-state index contributed by atoms with van der Waals surface area (Å²) in [5.41, 5.74) is 0.845. The molecule has 0 fully saturated rings. The van der Waals surface area contributed by atoms with Crippen molar-refractivity contribution in [1.29, 1.82) is 0 Å². The molecule has 0 aliphatic rings. The summed E-state index contributed by atoms with van der Waals surface area (Å²) in [4.78, 5) is -0.0826. The van der Waals surface area contributed by atoms with Gasteiger partial charge in [0.05, 0.1) is 12.1 Å². The van der Waals surface area contributed by atoms with E-state index in [4.69, 9.17) is 27.9 Å². The largest absolute Gasteiger partial charge is 0.495 e. The van der Waals surface area contributed by atoms with Crippen LogP contribution in [0.2, 0.25) is 10.0 Å². The van der Waals surface area contributed by atoms with E-state index < -0.39 is 10.0 Å². The highest BCUT2D eigenvalue weighted by Crippen LogP contribution is 2.36. The fourth-order valence-corrected chi connectivity index (χ4v) is 4.34. The molecule has 7 heteroatoms. The van der Waals surface area contributed by atoms with Gasteiger partial charge in [-0.2, -0.15) is 0 Å². The van der Waals surface area contributed by atoms with Crippen molar-refractivity contribution in [2.24, 2.45) is 0 Å². The van der Waals surface area contributed by atoms with Crippen LogP contribution in [-0.4, -0.2) is 15.5 Å².